The molecule has 2 heterocycles. The monoisotopic (exact) mass is 320 g/mol. The Balaban J connectivity index is 0.00000176. The highest BCUT2D eigenvalue weighted by Gasteiger charge is 2.21. The second kappa shape index (κ2) is 7.42. The van der Waals surface area contributed by atoms with Gasteiger partial charge in [0.05, 0.1) is 16.9 Å². The Morgan fingerprint density at radius 3 is 2.73 bits per heavy atom. The molecular formula is C16H21ClN4O. The lowest BCUT2D eigenvalue weighted by atomic mass is 10.2. The Bertz CT molecular complexity index is 618. The first-order chi connectivity index (χ1) is 10.3. The molecule has 0 unspecified atom stereocenters. The average Bonchev–Trinajstić information content (AvgIpc) is 2.74. The van der Waals surface area contributed by atoms with E-state index in [2.05, 4.69) is 10.4 Å². The maximum atomic E-state index is 12.7. The molecule has 1 saturated heterocycles. The van der Waals surface area contributed by atoms with Crippen LogP contribution in [0.15, 0.2) is 36.5 Å². The van der Waals surface area contributed by atoms with Crippen LogP contribution in [0.2, 0.25) is 0 Å². The van der Waals surface area contributed by atoms with Crippen molar-refractivity contribution in [3.63, 3.8) is 0 Å². The van der Waals surface area contributed by atoms with Gasteiger partial charge in [0.15, 0.2) is 0 Å². The van der Waals surface area contributed by atoms with Crippen LogP contribution in [0, 0.1) is 6.92 Å². The molecule has 1 N–H and O–H groups in total. The van der Waals surface area contributed by atoms with Gasteiger partial charge < -0.3 is 10.2 Å². The fourth-order valence-electron chi connectivity index (χ4n) is 2.60. The molecule has 1 fully saturated rings. The number of aromatic nitrogens is 2. The molecule has 0 saturated carbocycles. The van der Waals surface area contributed by atoms with Crippen LogP contribution in [0.1, 0.15) is 22.5 Å². The minimum absolute atomic E-state index is 0. The van der Waals surface area contributed by atoms with Crippen molar-refractivity contribution in [3.8, 4) is 5.69 Å². The smallest absolute Gasteiger partial charge is 0.257 e. The predicted octanol–water partition coefficient (Wildman–Crippen LogP) is 2.04. The van der Waals surface area contributed by atoms with E-state index in [1.165, 1.54) is 0 Å². The number of nitrogens with one attached hydrogen (secondary N) is 1. The van der Waals surface area contributed by atoms with Crippen LogP contribution in [0.25, 0.3) is 5.69 Å². The molecule has 2 aromatic rings. The van der Waals surface area contributed by atoms with Crippen LogP contribution >= 0.6 is 12.4 Å². The van der Waals surface area contributed by atoms with Gasteiger partial charge in [-0.05, 0) is 32.0 Å². The number of para-hydroxylation sites is 1. The van der Waals surface area contributed by atoms with E-state index in [0.717, 1.165) is 44.0 Å². The molecule has 0 atom stereocenters. The van der Waals surface area contributed by atoms with Crippen LogP contribution in [0.5, 0.6) is 0 Å². The van der Waals surface area contributed by atoms with Gasteiger partial charge in [-0.3, -0.25) is 4.79 Å². The lowest BCUT2D eigenvalue weighted by molar-refractivity contribution is 0.0765. The van der Waals surface area contributed by atoms with Crippen molar-refractivity contribution >= 4 is 18.3 Å². The summed E-state index contributed by atoms with van der Waals surface area (Å²) in [6.45, 7) is 5.29. The quantitative estimate of drug-likeness (QED) is 0.921. The molecule has 0 radical (unpaired) electrons. The number of carbonyl (C=O) groups excluding carboxylic acids is 1. The molecular weight excluding hydrogens is 300 g/mol. The van der Waals surface area contributed by atoms with Crippen molar-refractivity contribution in [1.29, 1.82) is 0 Å². The average molecular weight is 321 g/mol. The molecule has 118 valence electrons. The van der Waals surface area contributed by atoms with Crippen molar-refractivity contribution in [1.82, 2.24) is 20.0 Å². The van der Waals surface area contributed by atoms with Gasteiger partial charge in [0.1, 0.15) is 0 Å². The lowest BCUT2D eigenvalue weighted by Gasteiger charge is -2.19. The van der Waals surface area contributed by atoms with Crippen molar-refractivity contribution in [2.75, 3.05) is 26.2 Å². The van der Waals surface area contributed by atoms with Crippen LogP contribution in [0.4, 0.5) is 0 Å². The first-order valence-corrected chi connectivity index (χ1v) is 7.37. The summed E-state index contributed by atoms with van der Waals surface area (Å²) >= 11 is 0. The molecule has 1 aromatic heterocycles. The van der Waals surface area contributed by atoms with Gasteiger partial charge in [-0.1, -0.05) is 18.2 Å². The summed E-state index contributed by atoms with van der Waals surface area (Å²) in [5, 5.41) is 7.79. The zero-order valence-electron chi connectivity index (χ0n) is 12.7. The van der Waals surface area contributed by atoms with Gasteiger partial charge in [0.25, 0.3) is 5.91 Å². The number of halogens is 1. The molecule has 1 amide bonds. The van der Waals surface area contributed by atoms with Gasteiger partial charge in [0, 0.05) is 25.8 Å². The lowest BCUT2D eigenvalue weighted by Crippen LogP contribution is -2.34. The topological polar surface area (TPSA) is 50.2 Å². The van der Waals surface area contributed by atoms with E-state index in [1.54, 1.807) is 4.68 Å². The van der Waals surface area contributed by atoms with Crippen LogP contribution in [-0.4, -0.2) is 46.8 Å². The number of carbonyl (C=O) groups is 1. The van der Waals surface area contributed by atoms with Gasteiger partial charge in [-0.2, -0.15) is 5.10 Å². The predicted molar refractivity (Wildman–Crippen MR) is 88.9 cm³/mol. The van der Waals surface area contributed by atoms with Crippen LogP contribution < -0.4 is 5.32 Å². The molecule has 1 aliphatic heterocycles. The maximum Gasteiger partial charge on any atom is 0.257 e. The number of aryl methyl sites for hydroxylation is 1. The van der Waals surface area contributed by atoms with Crippen molar-refractivity contribution in [2.45, 2.75) is 13.3 Å². The second-order valence-corrected chi connectivity index (χ2v) is 5.30. The third kappa shape index (κ3) is 3.48. The van der Waals surface area contributed by atoms with Crippen molar-refractivity contribution < 1.29 is 4.79 Å². The minimum Gasteiger partial charge on any atom is -0.337 e. The molecule has 1 aliphatic rings. The van der Waals surface area contributed by atoms with E-state index < -0.39 is 0 Å². The van der Waals surface area contributed by atoms with Crippen LogP contribution in [0.3, 0.4) is 0 Å². The number of hydrogen-bond donors (Lipinski definition) is 1. The second-order valence-electron chi connectivity index (χ2n) is 5.30. The summed E-state index contributed by atoms with van der Waals surface area (Å²) in [5.41, 5.74) is 2.44. The molecule has 6 heteroatoms. The summed E-state index contributed by atoms with van der Waals surface area (Å²) in [6, 6.07) is 9.87. The summed E-state index contributed by atoms with van der Waals surface area (Å²) in [5.74, 6) is 0.0818. The van der Waals surface area contributed by atoms with Crippen molar-refractivity contribution in [3.05, 3.63) is 47.8 Å². The molecule has 0 bridgehead atoms. The highest BCUT2D eigenvalue weighted by atomic mass is 35.5. The first kappa shape index (κ1) is 16.5. The van der Waals surface area contributed by atoms with Gasteiger partial charge >= 0.3 is 0 Å². The van der Waals surface area contributed by atoms with Gasteiger partial charge in [-0.15, -0.1) is 12.4 Å². The Morgan fingerprint density at radius 1 is 1.18 bits per heavy atom. The third-order valence-corrected chi connectivity index (χ3v) is 3.78. The number of rotatable bonds is 2. The van der Waals surface area contributed by atoms with E-state index in [-0.39, 0.29) is 18.3 Å². The van der Waals surface area contributed by atoms with E-state index in [9.17, 15) is 4.79 Å². The normalized spacial score (nSPS) is 15.0. The van der Waals surface area contributed by atoms with E-state index in [0.29, 0.717) is 5.56 Å². The van der Waals surface area contributed by atoms with E-state index in [1.807, 2.05) is 48.4 Å². The van der Waals surface area contributed by atoms with Crippen LogP contribution in [-0.2, 0) is 0 Å². The minimum atomic E-state index is 0. The Hall–Kier alpha value is -1.85. The summed E-state index contributed by atoms with van der Waals surface area (Å²) in [4.78, 5) is 14.6. The molecule has 0 spiro atoms. The zero-order valence-corrected chi connectivity index (χ0v) is 13.5. The standard InChI is InChI=1S/C16H20N4O.ClH/c1-13-15(16(21)19-10-5-8-17-9-11-19)12-20(18-13)14-6-3-2-4-7-14;/h2-4,6-7,12,17H,5,8-11H2,1H3;1H. The van der Waals surface area contributed by atoms with E-state index in [4.69, 9.17) is 0 Å². The largest absolute Gasteiger partial charge is 0.337 e. The Morgan fingerprint density at radius 2 is 1.95 bits per heavy atom. The molecule has 22 heavy (non-hydrogen) atoms. The summed E-state index contributed by atoms with van der Waals surface area (Å²) in [6.07, 6.45) is 2.84. The molecule has 0 aliphatic carbocycles. The highest BCUT2D eigenvalue weighted by molar-refractivity contribution is 5.95. The summed E-state index contributed by atoms with van der Waals surface area (Å²) < 4.78 is 1.78. The zero-order chi connectivity index (χ0) is 14.7. The molecule has 1 aromatic carbocycles. The summed E-state index contributed by atoms with van der Waals surface area (Å²) in [7, 11) is 0. The number of amides is 1. The fraction of sp³-hybridized carbons (Fsp3) is 0.375. The fourth-order valence-corrected chi connectivity index (χ4v) is 2.60. The van der Waals surface area contributed by atoms with E-state index >= 15 is 0 Å². The molecule has 5 nitrogen and oxygen atoms in total. The number of benzene rings is 1. The van der Waals surface area contributed by atoms with Gasteiger partial charge in [-0.25, -0.2) is 4.68 Å². The SMILES string of the molecule is Cc1nn(-c2ccccc2)cc1C(=O)N1CCCNCC1.Cl. The third-order valence-electron chi connectivity index (χ3n) is 3.78. The number of nitrogens with zero attached hydrogens (tertiary/aromatic N) is 3. The first-order valence-electron chi connectivity index (χ1n) is 7.37. The Kier molecular flexibility index (Phi) is 5.57. The highest BCUT2D eigenvalue weighted by Crippen LogP contribution is 2.14. The number of hydrogen-bond acceptors (Lipinski definition) is 3. The molecule has 3 rings (SSSR count). The maximum absolute atomic E-state index is 12.7. The van der Waals surface area contributed by atoms with Crippen molar-refractivity contribution in [2.24, 2.45) is 0 Å². The Labute approximate surface area is 136 Å². The van der Waals surface area contributed by atoms with Gasteiger partial charge in [0.2, 0.25) is 0 Å².